The standard InChI is InChI=1S/C23H26FN5/c1-6-18-13(3)29(5)22-11-20-21(10-19(18)22)27-14(4)28-23(20)26-12(2)15-7-16(24)9-17(25)8-15/h7-12,18H,3,6,25H2,1-2,4-5H3,(H,26,27,28)/t12-,18?/m1/s1. The zero-order chi connectivity index (χ0) is 20.9. The number of hydrogen-bond acceptors (Lipinski definition) is 5. The van der Waals surface area contributed by atoms with E-state index in [1.165, 1.54) is 17.7 Å². The molecule has 2 atom stereocenters. The number of likely N-dealkylation sites (N-methyl/N-ethyl adjacent to an activating group) is 1. The summed E-state index contributed by atoms with van der Waals surface area (Å²) in [6, 6.07) is 8.69. The van der Waals surface area contributed by atoms with Crippen molar-refractivity contribution in [1.29, 1.82) is 0 Å². The number of rotatable bonds is 4. The number of hydrogen-bond donors (Lipinski definition) is 2. The molecule has 3 aromatic rings. The Balaban J connectivity index is 1.80. The third kappa shape index (κ3) is 3.28. The van der Waals surface area contributed by atoms with Crippen LogP contribution in [0.25, 0.3) is 10.9 Å². The van der Waals surface area contributed by atoms with E-state index in [2.05, 4.69) is 45.8 Å². The van der Waals surface area contributed by atoms with Gasteiger partial charge >= 0.3 is 0 Å². The van der Waals surface area contributed by atoms with Gasteiger partial charge in [0.1, 0.15) is 17.5 Å². The Labute approximate surface area is 170 Å². The molecule has 3 N–H and O–H groups in total. The van der Waals surface area contributed by atoms with Crippen LogP contribution in [-0.4, -0.2) is 17.0 Å². The van der Waals surface area contributed by atoms with Crippen molar-refractivity contribution in [2.75, 3.05) is 23.0 Å². The van der Waals surface area contributed by atoms with E-state index in [0.29, 0.717) is 17.4 Å². The van der Waals surface area contributed by atoms with Crippen molar-refractivity contribution in [3.63, 3.8) is 0 Å². The van der Waals surface area contributed by atoms with E-state index >= 15 is 0 Å². The van der Waals surface area contributed by atoms with Gasteiger partial charge in [0.2, 0.25) is 0 Å². The summed E-state index contributed by atoms with van der Waals surface area (Å²) in [5.41, 5.74) is 11.4. The fourth-order valence-electron chi connectivity index (χ4n) is 4.17. The Kier molecular flexibility index (Phi) is 4.65. The van der Waals surface area contributed by atoms with Crippen LogP contribution in [0.4, 0.5) is 21.6 Å². The molecule has 0 aliphatic carbocycles. The second kappa shape index (κ2) is 7.03. The van der Waals surface area contributed by atoms with Crippen molar-refractivity contribution in [2.24, 2.45) is 0 Å². The lowest BCUT2D eigenvalue weighted by atomic mass is 9.95. The smallest absolute Gasteiger partial charge is 0.138 e. The van der Waals surface area contributed by atoms with Crippen LogP contribution in [0.5, 0.6) is 0 Å². The van der Waals surface area contributed by atoms with Crippen molar-refractivity contribution in [3.8, 4) is 0 Å². The van der Waals surface area contributed by atoms with Gasteiger partial charge in [-0.3, -0.25) is 0 Å². The highest BCUT2D eigenvalue weighted by Crippen LogP contribution is 2.45. The molecule has 5 nitrogen and oxygen atoms in total. The van der Waals surface area contributed by atoms with Crippen LogP contribution in [0.1, 0.15) is 49.2 Å². The summed E-state index contributed by atoms with van der Waals surface area (Å²) in [5, 5.41) is 4.36. The van der Waals surface area contributed by atoms with Gasteiger partial charge in [0, 0.05) is 35.4 Å². The molecule has 150 valence electrons. The first-order valence-corrected chi connectivity index (χ1v) is 9.85. The molecule has 29 heavy (non-hydrogen) atoms. The maximum atomic E-state index is 13.8. The molecule has 1 aromatic heterocycles. The Morgan fingerprint density at radius 3 is 2.69 bits per heavy atom. The zero-order valence-electron chi connectivity index (χ0n) is 17.3. The second-order valence-electron chi connectivity index (χ2n) is 7.74. The van der Waals surface area contributed by atoms with Gasteiger partial charge in [0.05, 0.1) is 11.6 Å². The Morgan fingerprint density at radius 1 is 1.24 bits per heavy atom. The molecule has 4 rings (SSSR count). The molecule has 1 aliphatic rings. The van der Waals surface area contributed by atoms with E-state index in [1.807, 2.05) is 20.9 Å². The number of aryl methyl sites for hydroxylation is 1. The van der Waals surface area contributed by atoms with E-state index < -0.39 is 0 Å². The predicted molar refractivity (Wildman–Crippen MR) is 118 cm³/mol. The van der Waals surface area contributed by atoms with E-state index in [0.717, 1.165) is 40.1 Å². The molecule has 0 spiro atoms. The normalized spacial score (nSPS) is 16.9. The third-order valence-corrected chi connectivity index (χ3v) is 5.73. The number of nitrogen functional groups attached to an aromatic ring is 1. The lowest BCUT2D eigenvalue weighted by Crippen LogP contribution is -2.12. The Hall–Kier alpha value is -3.15. The Bertz CT molecular complexity index is 1100. The number of aromatic nitrogens is 2. The number of nitrogens with zero attached hydrogens (tertiary/aromatic N) is 3. The molecular formula is C23H26FN5. The summed E-state index contributed by atoms with van der Waals surface area (Å²) in [4.78, 5) is 11.4. The molecule has 1 aliphatic heterocycles. The Morgan fingerprint density at radius 2 is 2.00 bits per heavy atom. The van der Waals surface area contributed by atoms with Crippen molar-refractivity contribution < 1.29 is 4.39 Å². The molecule has 0 fully saturated rings. The summed E-state index contributed by atoms with van der Waals surface area (Å²) in [5.74, 6) is 1.37. The average molecular weight is 391 g/mol. The number of halogens is 1. The van der Waals surface area contributed by atoms with Crippen molar-refractivity contribution in [3.05, 3.63) is 65.4 Å². The van der Waals surface area contributed by atoms with E-state index in [1.54, 1.807) is 6.07 Å². The SMILES string of the molecule is C=C1C(CC)c2cc3nc(C)nc(N[C@H](C)c4cc(N)cc(F)c4)c3cc2N1C. The minimum atomic E-state index is -0.346. The van der Waals surface area contributed by atoms with Gasteiger partial charge in [0.15, 0.2) is 0 Å². The maximum absolute atomic E-state index is 13.8. The number of allylic oxidation sites excluding steroid dienone is 1. The van der Waals surface area contributed by atoms with Crippen molar-refractivity contribution in [2.45, 2.75) is 39.2 Å². The molecule has 1 unspecified atom stereocenters. The molecule has 6 heteroatoms. The van der Waals surface area contributed by atoms with Crippen LogP contribution in [0.3, 0.4) is 0 Å². The van der Waals surface area contributed by atoms with Crippen LogP contribution >= 0.6 is 0 Å². The largest absolute Gasteiger partial charge is 0.399 e. The van der Waals surface area contributed by atoms with Crippen LogP contribution in [0, 0.1) is 12.7 Å². The first kappa shape index (κ1) is 19.2. The van der Waals surface area contributed by atoms with E-state index in [4.69, 9.17) is 5.73 Å². The number of benzene rings is 2. The summed E-state index contributed by atoms with van der Waals surface area (Å²) in [7, 11) is 2.04. The summed E-state index contributed by atoms with van der Waals surface area (Å²) in [6.45, 7) is 10.3. The zero-order valence-corrected chi connectivity index (χ0v) is 17.3. The van der Waals surface area contributed by atoms with Crippen molar-refractivity contribution in [1.82, 2.24) is 9.97 Å². The van der Waals surface area contributed by atoms with Gasteiger partial charge < -0.3 is 16.0 Å². The first-order valence-electron chi connectivity index (χ1n) is 9.85. The van der Waals surface area contributed by atoms with Gasteiger partial charge in [0.25, 0.3) is 0 Å². The number of fused-ring (bicyclic) bond motifs is 2. The highest BCUT2D eigenvalue weighted by Gasteiger charge is 2.30. The first-order chi connectivity index (χ1) is 13.8. The van der Waals surface area contributed by atoms with Crippen LogP contribution in [-0.2, 0) is 0 Å². The minimum absolute atomic E-state index is 0.171. The maximum Gasteiger partial charge on any atom is 0.138 e. The molecule has 0 saturated carbocycles. The van der Waals surface area contributed by atoms with Crippen molar-refractivity contribution >= 4 is 28.1 Å². The fraction of sp³-hybridized carbons (Fsp3) is 0.304. The lowest BCUT2D eigenvalue weighted by molar-refractivity contribution is 0.624. The third-order valence-electron chi connectivity index (χ3n) is 5.73. The minimum Gasteiger partial charge on any atom is -0.399 e. The summed E-state index contributed by atoms with van der Waals surface area (Å²) in [6.07, 6.45) is 0.995. The van der Waals surface area contributed by atoms with Crippen LogP contribution in [0.2, 0.25) is 0 Å². The predicted octanol–water partition coefficient (Wildman–Crippen LogP) is 5.29. The number of nitrogens with two attached hydrogens (primary N) is 1. The lowest BCUT2D eigenvalue weighted by Gasteiger charge is -2.19. The highest BCUT2D eigenvalue weighted by atomic mass is 19.1. The van der Waals surface area contributed by atoms with Crippen LogP contribution in [0.15, 0.2) is 42.6 Å². The number of nitrogens with one attached hydrogen (secondary N) is 1. The second-order valence-corrected chi connectivity index (χ2v) is 7.74. The van der Waals surface area contributed by atoms with Gasteiger partial charge in [-0.25, -0.2) is 14.4 Å². The summed E-state index contributed by atoms with van der Waals surface area (Å²) < 4.78 is 13.8. The van der Waals surface area contributed by atoms with Gasteiger partial charge in [-0.1, -0.05) is 13.5 Å². The number of anilines is 3. The highest BCUT2D eigenvalue weighted by molar-refractivity contribution is 5.94. The van der Waals surface area contributed by atoms with E-state index in [-0.39, 0.29) is 11.9 Å². The molecule has 2 heterocycles. The topological polar surface area (TPSA) is 67.1 Å². The molecule has 0 saturated heterocycles. The average Bonchev–Trinajstić information content (AvgIpc) is 2.89. The monoisotopic (exact) mass is 391 g/mol. The quantitative estimate of drug-likeness (QED) is 0.592. The van der Waals surface area contributed by atoms with Gasteiger partial charge in [-0.2, -0.15) is 0 Å². The molecule has 0 bridgehead atoms. The van der Waals surface area contributed by atoms with Gasteiger partial charge in [-0.05, 0) is 61.7 Å². The molecular weight excluding hydrogens is 365 g/mol. The van der Waals surface area contributed by atoms with E-state index in [9.17, 15) is 4.39 Å². The van der Waals surface area contributed by atoms with Gasteiger partial charge in [-0.15, -0.1) is 0 Å². The molecule has 2 aromatic carbocycles. The summed E-state index contributed by atoms with van der Waals surface area (Å²) >= 11 is 0. The fourth-order valence-corrected chi connectivity index (χ4v) is 4.17. The molecule has 0 amide bonds. The molecule has 0 radical (unpaired) electrons. The van der Waals surface area contributed by atoms with Crippen LogP contribution < -0.4 is 16.0 Å².